The normalized spacial score (nSPS) is 20.1. The van der Waals surface area contributed by atoms with Crippen LogP contribution >= 0.6 is 22.6 Å². The van der Waals surface area contributed by atoms with Crippen LogP contribution in [-0.4, -0.2) is 59.5 Å². The molecule has 1 aromatic heterocycles. The van der Waals surface area contributed by atoms with Crippen LogP contribution in [0, 0.1) is 15.4 Å². The minimum Gasteiger partial charge on any atom is -0.488 e. The third-order valence-corrected chi connectivity index (χ3v) is 8.13. The lowest BCUT2D eigenvalue weighted by Crippen LogP contribution is -2.64. The molecule has 218 valence electrons. The summed E-state index contributed by atoms with van der Waals surface area (Å²) in [7, 11) is 1.99. The number of carbonyl (C=O) groups is 3. The lowest BCUT2D eigenvalue weighted by atomic mass is 9.77. The Balaban J connectivity index is 1.48. The van der Waals surface area contributed by atoms with Crippen LogP contribution < -0.4 is 9.30 Å². The summed E-state index contributed by atoms with van der Waals surface area (Å²) in [6, 6.07) is 5.66. The van der Waals surface area contributed by atoms with Gasteiger partial charge in [0, 0.05) is 17.9 Å². The topological polar surface area (TPSA) is 100 Å². The van der Waals surface area contributed by atoms with Gasteiger partial charge in [-0.3, -0.25) is 4.79 Å². The van der Waals surface area contributed by atoms with E-state index in [1.54, 1.807) is 6.92 Å². The second-order valence-electron chi connectivity index (χ2n) is 10.1. The zero-order chi connectivity index (χ0) is 29.7. The Morgan fingerprint density at radius 2 is 1.93 bits per heavy atom. The number of β-lactam (4-membered cyclic amide) rings is 1. The zero-order valence-electron chi connectivity index (χ0n) is 23.5. The van der Waals surface area contributed by atoms with Crippen LogP contribution in [0.15, 0.2) is 73.5 Å². The highest BCUT2D eigenvalue weighted by atomic mass is 127. The third-order valence-electron chi connectivity index (χ3n) is 7.29. The summed E-state index contributed by atoms with van der Waals surface area (Å²) in [5.74, 6) is -1.13. The maximum atomic E-state index is 13.3. The van der Waals surface area contributed by atoms with Gasteiger partial charge in [0.15, 0.2) is 0 Å². The van der Waals surface area contributed by atoms with E-state index in [1.165, 1.54) is 22.6 Å². The van der Waals surface area contributed by atoms with Gasteiger partial charge in [-0.1, -0.05) is 38.3 Å². The van der Waals surface area contributed by atoms with E-state index in [4.69, 9.17) is 18.9 Å². The van der Waals surface area contributed by atoms with E-state index >= 15 is 0 Å². The van der Waals surface area contributed by atoms with Crippen molar-refractivity contribution in [1.82, 2.24) is 9.47 Å². The Labute approximate surface area is 253 Å². The van der Waals surface area contributed by atoms with E-state index in [0.29, 0.717) is 11.3 Å². The van der Waals surface area contributed by atoms with E-state index in [-0.39, 0.29) is 43.4 Å². The average molecular weight is 677 g/mol. The van der Waals surface area contributed by atoms with Gasteiger partial charge in [-0.25, -0.2) is 18.7 Å². The summed E-state index contributed by atoms with van der Waals surface area (Å²) < 4.78 is 26.9. The Kier molecular flexibility index (Phi) is 9.90. The predicted octanol–water partition coefficient (Wildman–Crippen LogP) is 3.73. The number of benzene rings is 1. The molecule has 0 saturated carbocycles. The number of nitrogens with zero attached hydrogens (tertiary/aromatic N) is 3. The van der Waals surface area contributed by atoms with Crippen LogP contribution in [0.25, 0.3) is 0 Å². The number of fused-ring (bicyclic) bond motifs is 1. The molecule has 4 atom stereocenters. The number of hydrogen-bond acceptors (Lipinski definition) is 7. The molecule has 2 aromatic rings. The monoisotopic (exact) mass is 676 g/mol. The van der Waals surface area contributed by atoms with Crippen molar-refractivity contribution in [2.45, 2.75) is 39.0 Å². The molecule has 0 spiro atoms. The first-order chi connectivity index (χ1) is 19.7. The number of halogens is 1. The lowest BCUT2D eigenvalue weighted by Gasteiger charge is -2.47. The van der Waals surface area contributed by atoms with Gasteiger partial charge in [0.1, 0.15) is 49.8 Å². The molecule has 2 aliphatic heterocycles. The van der Waals surface area contributed by atoms with Crippen LogP contribution in [0.1, 0.15) is 19.4 Å². The van der Waals surface area contributed by atoms with Crippen molar-refractivity contribution < 1.29 is 37.9 Å². The highest BCUT2D eigenvalue weighted by Crippen LogP contribution is 2.48. The lowest BCUT2D eigenvalue weighted by molar-refractivity contribution is -0.671. The molecule has 0 N–H and O–H groups in total. The number of aromatic nitrogens is 2. The maximum Gasteiger partial charge on any atom is 0.508 e. The van der Waals surface area contributed by atoms with Crippen molar-refractivity contribution in [3.05, 3.63) is 82.6 Å². The van der Waals surface area contributed by atoms with Gasteiger partial charge < -0.3 is 23.8 Å². The van der Waals surface area contributed by atoms with Crippen LogP contribution in [0.4, 0.5) is 4.79 Å². The van der Waals surface area contributed by atoms with Crippen LogP contribution in [0.2, 0.25) is 0 Å². The molecule has 4 rings (SSSR count). The van der Waals surface area contributed by atoms with Crippen molar-refractivity contribution in [2.75, 3.05) is 19.8 Å². The SMILES string of the molecule is C=CCOC(=O)OC(C)[C@H]1C(=O)N2C(C(=O)OCC=C)=C(COc3ccc(CCn4cc[n+](C)c4)cc3I)C(C)[C@H]12. The first-order valence-corrected chi connectivity index (χ1v) is 14.4. The van der Waals surface area contributed by atoms with E-state index in [0.717, 1.165) is 16.5 Å². The minimum atomic E-state index is -0.878. The summed E-state index contributed by atoms with van der Waals surface area (Å²) in [4.78, 5) is 39.8. The largest absolute Gasteiger partial charge is 0.508 e. The van der Waals surface area contributed by atoms with E-state index in [2.05, 4.69) is 46.4 Å². The highest BCUT2D eigenvalue weighted by molar-refractivity contribution is 14.1. The Bertz CT molecular complexity index is 1370. The quantitative estimate of drug-likeness (QED) is 0.105. The predicted molar refractivity (Wildman–Crippen MR) is 158 cm³/mol. The van der Waals surface area contributed by atoms with Gasteiger partial charge in [0.25, 0.3) is 0 Å². The fraction of sp³-hybridized carbons (Fsp3) is 0.400. The summed E-state index contributed by atoms with van der Waals surface area (Å²) >= 11 is 2.24. The fourth-order valence-corrected chi connectivity index (χ4v) is 6.00. The highest BCUT2D eigenvalue weighted by Gasteiger charge is 2.61. The van der Waals surface area contributed by atoms with E-state index in [9.17, 15) is 14.4 Å². The molecule has 41 heavy (non-hydrogen) atoms. The van der Waals surface area contributed by atoms with Crippen LogP contribution in [0.3, 0.4) is 0 Å². The minimum absolute atomic E-state index is 0.00419. The number of rotatable bonds is 13. The second kappa shape index (κ2) is 13.4. The number of ether oxygens (including phenoxy) is 4. The molecule has 1 fully saturated rings. The maximum absolute atomic E-state index is 13.3. The van der Waals surface area contributed by atoms with Gasteiger partial charge >= 0.3 is 12.1 Å². The number of amides is 1. The summed E-state index contributed by atoms with van der Waals surface area (Å²) in [6.07, 6.45) is 8.22. The molecule has 1 amide bonds. The molecular formula is C30H35IN3O7+. The van der Waals surface area contributed by atoms with Crippen molar-refractivity contribution in [1.29, 1.82) is 0 Å². The fourth-order valence-electron chi connectivity index (χ4n) is 5.26. The Morgan fingerprint density at radius 3 is 2.59 bits per heavy atom. The number of imidazole rings is 1. The molecule has 1 saturated heterocycles. The first kappa shape index (κ1) is 30.4. The molecule has 3 heterocycles. The van der Waals surface area contributed by atoms with Crippen LogP contribution in [0.5, 0.6) is 5.75 Å². The molecule has 2 unspecified atom stereocenters. The van der Waals surface area contributed by atoms with Gasteiger partial charge in [-0.15, -0.1) is 0 Å². The van der Waals surface area contributed by atoms with Gasteiger partial charge in [-0.05, 0) is 47.2 Å². The Hall–Kier alpha value is -3.61. The van der Waals surface area contributed by atoms with Crippen molar-refractivity contribution in [3.8, 4) is 5.75 Å². The van der Waals surface area contributed by atoms with Crippen LogP contribution in [-0.2, 0) is 43.8 Å². The van der Waals surface area contributed by atoms with Crippen molar-refractivity contribution >= 4 is 40.6 Å². The van der Waals surface area contributed by atoms with E-state index < -0.39 is 24.1 Å². The number of hydrogen-bond donors (Lipinski definition) is 0. The van der Waals surface area contributed by atoms with Gasteiger partial charge in [0.2, 0.25) is 12.2 Å². The number of carbonyl (C=O) groups excluding carboxylic acids is 3. The molecule has 0 radical (unpaired) electrons. The number of esters is 1. The number of aryl methyl sites for hydroxylation is 3. The van der Waals surface area contributed by atoms with Crippen molar-refractivity contribution in [3.63, 3.8) is 0 Å². The average Bonchev–Trinajstić information content (AvgIpc) is 3.46. The first-order valence-electron chi connectivity index (χ1n) is 13.4. The standard InChI is InChI=1S/C30H35IN3O7/c1-6-14-38-29(36)27-22(19(3)26-25(28(35)34(26)27)20(4)41-30(37)39-15-7-2)17-40-24-9-8-21(16-23(24)31)10-11-33-13-12-32(5)18-33/h6-9,12-13,16,18-20,25-26H,1-2,10-11,14-15,17H2,3-5H3/q+1/t19?,20?,25-,26-/m1/s1. The molecule has 0 aliphatic carbocycles. The molecule has 0 bridgehead atoms. The Morgan fingerprint density at radius 1 is 1.20 bits per heavy atom. The van der Waals surface area contributed by atoms with Crippen molar-refractivity contribution in [2.24, 2.45) is 18.9 Å². The molecular weight excluding hydrogens is 641 g/mol. The van der Waals surface area contributed by atoms with Gasteiger partial charge in [-0.2, -0.15) is 0 Å². The summed E-state index contributed by atoms with van der Waals surface area (Å²) in [5.41, 5.74) is 2.01. The smallest absolute Gasteiger partial charge is 0.488 e. The molecule has 10 nitrogen and oxygen atoms in total. The molecule has 11 heteroatoms. The summed E-state index contributed by atoms with van der Waals surface area (Å²) in [5, 5.41) is 0. The summed E-state index contributed by atoms with van der Waals surface area (Å²) in [6.45, 7) is 11.6. The third kappa shape index (κ3) is 6.66. The molecule has 1 aromatic carbocycles. The van der Waals surface area contributed by atoms with Gasteiger partial charge in [0.05, 0.1) is 29.1 Å². The second-order valence-corrected chi connectivity index (χ2v) is 11.2. The molecule has 2 aliphatic rings. The van der Waals surface area contributed by atoms with E-state index in [1.807, 2.05) is 49.4 Å². The zero-order valence-corrected chi connectivity index (χ0v) is 25.6.